The SMILES string of the molecule is CN(C)C(=O)c1cc2cnc(Nc3ccc(OC4CCN(C5CCN(c6ccc(C7CCC(=O)NC7=O)cc6)CC5)CC4)cn3)nc2n1C1CCCC1. The highest BCUT2D eigenvalue weighted by molar-refractivity contribution is 6.01. The van der Waals surface area contributed by atoms with Crippen LogP contribution in [0.3, 0.4) is 0 Å². The van der Waals surface area contributed by atoms with E-state index < -0.39 is 0 Å². The lowest BCUT2D eigenvalue weighted by Crippen LogP contribution is -2.49. The fourth-order valence-corrected chi connectivity index (χ4v) is 8.60. The third-order valence-corrected chi connectivity index (χ3v) is 11.5. The molecule has 13 nitrogen and oxygen atoms in total. The molecule has 3 amide bonds. The highest BCUT2D eigenvalue weighted by Crippen LogP contribution is 2.35. The van der Waals surface area contributed by atoms with Gasteiger partial charge in [-0.15, -0.1) is 0 Å². The van der Waals surface area contributed by atoms with Gasteiger partial charge in [-0.1, -0.05) is 25.0 Å². The zero-order chi connectivity index (χ0) is 36.5. The number of nitrogens with zero attached hydrogens (tertiary/aromatic N) is 7. The first-order valence-electron chi connectivity index (χ1n) is 19.2. The molecule has 0 radical (unpaired) electrons. The van der Waals surface area contributed by atoms with Crippen molar-refractivity contribution in [3.05, 3.63) is 66.1 Å². The monoisotopic (exact) mass is 719 g/mol. The Bertz CT molecular complexity index is 1940. The number of piperidine rings is 3. The van der Waals surface area contributed by atoms with Crippen LogP contribution in [0.25, 0.3) is 11.0 Å². The van der Waals surface area contributed by atoms with E-state index in [-0.39, 0.29) is 35.8 Å². The second-order valence-corrected chi connectivity index (χ2v) is 15.2. The maximum absolute atomic E-state index is 13.0. The van der Waals surface area contributed by atoms with Gasteiger partial charge >= 0.3 is 0 Å². The highest BCUT2D eigenvalue weighted by Gasteiger charge is 2.31. The summed E-state index contributed by atoms with van der Waals surface area (Å²) in [7, 11) is 3.56. The lowest BCUT2D eigenvalue weighted by atomic mass is 9.90. The summed E-state index contributed by atoms with van der Waals surface area (Å²) < 4.78 is 8.49. The molecule has 0 spiro atoms. The highest BCUT2D eigenvalue weighted by atomic mass is 16.5. The van der Waals surface area contributed by atoms with Gasteiger partial charge in [-0.05, 0) is 80.8 Å². The Balaban J connectivity index is 0.813. The second-order valence-electron chi connectivity index (χ2n) is 15.2. The van der Waals surface area contributed by atoms with Gasteiger partial charge in [-0.3, -0.25) is 24.6 Å². The van der Waals surface area contributed by atoms with Crippen molar-refractivity contribution in [1.29, 1.82) is 0 Å². The van der Waals surface area contributed by atoms with E-state index in [9.17, 15) is 14.4 Å². The fraction of sp³-hybridized carbons (Fsp3) is 0.500. The van der Waals surface area contributed by atoms with Gasteiger partial charge in [0.2, 0.25) is 17.8 Å². The van der Waals surface area contributed by atoms with E-state index in [2.05, 4.69) is 47.1 Å². The maximum atomic E-state index is 13.0. The van der Waals surface area contributed by atoms with Crippen molar-refractivity contribution in [2.24, 2.45) is 0 Å². The lowest BCUT2D eigenvalue weighted by Gasteiger charge is -2.42. The van der Waals surface area contributed by atoms with Crippen LogP contribution in [0.5, 0.6) is 5.75 Å². The van der Waals surface area contributed by atoms with Gasteiger partial charge < -0.3 is 24.4 Å². The number of pyridine rings is 1. The number of likely N-dealkylation sites (tertiary alicyclic amines) is 1. The van der Waals surface area contributed by atoms with Crippen LogP contribution in [0.2, 0.25) is 0 Å². The molecular formula is C40H49N9O4. The van der Waals surface area contributed by atoms with Crippen LogP contribution in [0.4, 0.5) is 17.5 Å². The number of carbonyl (C=O) groups is 3. The molecule has 8 rings (SSSR count). The summed E-state index contributed by atoms with van der Waals surface area (Å²) in [5.41, 5.74) is 3.60. The van der Waals surface area contributed by atoms with Gasteiger partial charge in [-0.25, -0.2) is 9.97 Å². The smallest absolute Gasteiger partial charge is 0.270 e. The number of amides is 3. The van der Waals surface area contributed by atoms with E-state index in [1.807, 2.05) is 30.3 Å². The first-order chi connectivity index (χ1) is 25.8. The first kappa shape index (κ1) is 35.0. The largest absolute Gasteiger partial charge is 0.489 e. The Labute approximate surface area is 310 Å². The van der Waals surface area contributed by atoms with Crippen molar-refractivity contribution in [3.8, 4) is 5.75 Å². The van der Waals surface area contributed by atoms with Crippen molar-refractivity contribution >= 4 is 46.2 Å². The molecule has 1 saturated carbocycles. The van der Waals surface area contributed by atoms with E-state index in [1.165, 1.54) is 5.69 Å². The number of hydrogen-bond acceptors (Lipinski definition) is 10. The molecule has 0 bridgehead atoms. The number of aromatic nitrogens is 4. The number of benzene rings is 1. The summed E-state index contributed by atoms with van der Waals surface area (Å²) in [5.74, 6) is 1.19. The lowest BCUT2D eigenvalue weighted by molar-refractivity contribution is -0.134. The van der Waals surface area contributed by atoms with E-state index >= 15 is 0 Å². The molecule has 4 aliphatic rings. The summed E-state index contributed by atoms with van der Waals surface area (Å²) in [6.45, 7) is 4.06. The number of hydrogen-bond donors (Lipinski definition) is 2. The van der Waals surface area contributed by atoms with Gasteiger partial charge in [0.05, 0.1) is 12.1 Å². The number of anilines is 3. The number of fused-ring (bicyclic) bond motifs is 1. The second kappa shape index (κ2) is 15.1. The minimum atomic E-state index is -0.244. The van der Waals surface area contributed by atoms with E-state index in [1.54, 1.807) is 31.4 Å². The zero-order valence-corrected chi connectivity index (χ0v) is 30.7. The third kappa shape index (κ3) is 7.57. The molecule has 3 aromatic heterocycles. The molecule has 13 heteroatoms. The van der Waals surface area contributed by atoms with Crippen molar-refractivity contribution in [3.63, 3.8) is 0 Å². The molecule has 53 heavy (non-hydrogen) atoms. The minimum Gasteiger partial charge on any atom is -0.489 e. The van der Waals surface area contributed by atoms with Crippen molar-refractivity contribution in [2.75, 3.05) is 50.5 Å². The Hall–Kier alpha value is -5.04. The predicted octanol–water partition coefficient (Wildman–Crippen LogP) is 5.42. The van der Waals surface area contributed by atoms with Gasteiger partial charge in [0.15, 0.2) is 0 Å². The number of imide groups is 1. The number of carbonyl (C=O) groups excluding carboxylic acids is 3. The standard InChI is InChI=1S/C40H49N9O4/c1-46(2)39(52)34-23-27-24-42-40(45-37(27)49(34)30-5-3-4-6-30)43-35-13-11-32(25-41-35)53-31-17-21-48(22-18-31)29-15-19-47(20-16-29)28-9-7-26(8-10-28)33-12-14-36(50)44-38(33)51/h7-11,13,23-25,29-31,33H,3-6,12,14-22H2,1-2H3,(H,44,50,51)(H,41,42,43,45). The molecule has 3 saturated heterocycles. The molecule has 1 aromatic carbocycles. The van der Waals surface area contributed by atoms with Crippen LogP contribution in [-0.2, 0) is 9.59 Å². The zero-order valence-electron chi connectivity index (χ0n) is 30.7. The van der Waals surface area contributed by atoms with Crippen LogP contribution in [-0.4, -0.2) is 99.5 Å². The third-order valence-electron chi connectivity index (χ3n) is 11.5. The quantitative estimate of drug-likeness (QED) is 0.216. The maximum Gasteiger partial charge on any atom is 0.270 e. The Morgan fingerprint density at radius 3 is 2.30 bits per heavy atom. The van der Waals surface area contributed by atoms with Crippen LogP contribution < -0.4 is 20.3 Å². The number of rotatable bonds is 9. The van der Waals surface area contributed by atoms with Crippen LogP contribution in [0, 0.1) is 0 Å². The molecule has 278 valence electrons. The fourth-order valence-electron chi connectivity index (χ4n) is 8.60. The number of ether oxygens (including phenoxy) is 1. The summed E-state index contributed by atoms with van der Waals surface area (Å²) in [4.78, 5) is 57.5. The Morgan fingerprint density at radius 2 is 1.62 bits per heavy atom. The van der Waals surface area contributed by atoms with Gasteiger partial charge in [0.25, 0.3) is 5.91 Å². The van der Waals surface area contributed by atoms with Gasteiger partial charge in [-0.2, -0.15) is 4.98 Å². The summed E-state index contributed by atoms with van der Waals surface area (Å²) in [5, 5.41) is 6.57. The van der Waals surface area contributed by atoms with E-state index in [0.717, 1.165) is 99.9 Å². The molecule has 2 N–H and O–H groups in total. The molecule has 4 fully saturated rings. The average molecular weight is 720 g/mol. The topological polar surface area (TPSA) is 138 Å². The molecule has 1 atom stereocenters. The van der Waals surface area contributed by atoms with Crippen LogP contribution in [0.1, 0.15) is 92.2 Å². The summed E-state index contributed by atoms with van der Waals surface area (Å²) >= 11 is 0. The summed E-state index contributed by atoms with van der Waals surface area (Å²) in [6.07, 6.45) is 13.3. The molecule has 4 aromatic rings. The first-order valence-corrected chi connectivity index (χ1v) is 19.2. The normalized spacial score (nSPS) is 20.9. The Morgan fingerprint density at radius 1 is 0.868 bits per heavy atom. The molecule has 1 unspecified atom stereocenters. The Kier molecular flexibility index (Phi) is 10.00. The molecule has 6 heterocycles. The molecule has 1 aliphatic carbocycles. The van der Waals surface area contributed by atoms with Crippen molar-refractivity contribution in [1.82, 2.24) is 34.6 Å². The average Bonchev–Trinajstić information content (AvgIpc) is 3.84. The van der Waals surface area contributed by atoms with Crippen LogP contribution in [0.15, 0.2) is 54.9 Å². The van der Waals surface area contributed by atoms with Gasteiger partial charge in [0, 0.05) is 76.0 Å². The predicted molar refractivity (Wildman–Crippen MR) is 203 cm³/mol. The summed E-state index contributed by atoms with van der Waals surface area (Å²) in [6, 6.07) is 14.9. The van der Waals surface area contributed by atoms with Gasteiger partial charge in [0.1, 0.15) is 29.0 Å². The minimum absolute atomic E-state index is 0.0257. The van der Waals surface area contributed by atoms with E-state index in [0.29, 0.717) is 36.3 Å². The number of nitrogens with one attached hydrogen (secondary N) is 2. The van der Waals surface area contributed by atoms with Crippen molar-refractivity contribution < 1.29 is 19.1 Å². The van der Waals surface area contributed by atoms with Crippen LogP contribution >= 0.6 is 0 Å². The molecular weight excluding hydrogens is 670 g/mol. The van der Waals surface area contributed by atoms with Crippen molar-refractivity contribution in [2.45, 2.75) is 88.3 Å². The van der Waals surface area contributed by atoms with E-state index in [4.69, 9.17) is 9.72 Å². The molecule has 3 aliphatic heterocycles.